The second kappa shape index (κ2) is 9.16. The number of rotatable bonds is 6. The van der Waals surface area contributed by atoms with Gasteiger partial charge in [0.05, 0.1) is 11.7 Å². The average Bonchev–Trinajstić information content (AvgIpc) is 2.99. The van der Waals surface area contributed by atoms with Gasteiger partial charge in [-0.15, -0.1) is 24.8 Å². The number of hydrogen-bond acceptors (Lipinski definition) is 5. The zero-order chi connectivity index (χ0) is 16.4. The van der Waals surface area contributed by atoms with Crippen LogP contribution in [0.5, 0.6) is 0 Å². The van der Waals surface area contributed by atoms with Gasteiger partial charge in [-0.2, -0.15) is 5.10 Å². The lowest BCUT2D eigenvalue weighted by Gasteiger charge is -2.31. The normalized spacial score (nSPS) is 18.5. The van der Waals surface area contributed by atoms with Crippen molar-refractivity contribution in [3.63, 3.8) is 0 Å². The highest BCUT2D eigenvalue weighted by Crippen LogP contribution is 2.34. The molecule has 1 aromatic carbocycles. The van der Waals surface area contributed by atoms with Crippen molar-refractivity contribution in [2.75, 3.05) is 11.9 Å². The molecule has 1 fully saturated rings. The van der Waals surface area contributed by atoms with Crippen LogP contribution in [0.15, 0.2) is 42.9 Å². The van der Waals surface area contributed by atoms with Crippen molar-refractivity contribution in [1.29, 1.82) is 0 Å². The molecule has 0 amide bonds. The Hall–Kier alpha value is -1.89. The number of para-hydroxylation sites is 1. The predicted molar refractivity (Wildman–Crippen MR) is 109 cm³/mol. The maximum Gasteiger partial charge on any atom is 0.129 e. The van der Waals surface area contributed by atoms with Gasteiger partial charge in [-0.05, 0) is 25.3 Å². The third-order valence-corrected chi connectivity index (χ3v) is 4.68. The summed E-state index contributed by atoms with van der Waals surface area (Å²) in [7, 11) is 0. The minimum Gasteiger partial charge on any atom is -0.370 e. The number of fused-ring (bicyclic) bond motifs is 1. The van der Waals surface area contributed by atoms with Crippen molar-refractivity contribution in [2.45, 2.75) is 37.8 Å². The Balaban J connectivity index is 0.00000121. The van der Waals surface area contributed by atoms with Crippen LogP contribution in [0, 0.1) is 0 Å². The molecule has 0 radical (unpaired) electrons. The molecule has 2 heterocycles. The van der Waals surface area contributed by atoms with Gasteiger partial charge >= 0.3 is 0 Å². The van der Waals surface area contributed by atoms with Crippen LogP contribution >= 0.6 is 24.8 Å². The van der Waals surface area contributed by atoms with E-state index in [2.05, 4.69) is 43.3 Å². The fourth-order valence-corrected chi connectivity index (χ4v) is 3.24. The summed E-state index contributed by atoms with van der Waals surface area (Å²) >= 11 is 0. The lowest BCUT2D eigenvalue weighted by molar-refractivity contribution is 0.345. The van der Waals surface area contributed by atoms with Crippen LogP contribution in [-0.4, -0.2) is 32.3 Å². The Labute approximate surface area is 165 Å². The Morgan fingerprint density at radius 3 is 2.77 bits per heavy atom. The first-order valence-corrected chi connectivity index (χ1v) is 8.51. The first-order chi connectivity index (χ1) is 11.8. The molecule has 2 aromatic heterocycles. The molecule has 6 nitrogen and oxygen atoms in total. The summed E-state index contributed by atoms with van der Waals surface area (Å²) < 4.78 is 2.05. The number of aryl methyl sites for hydroxylation is 1. The molecule has 0 atom stereocenters. The summed E-state index contributed by atoms with van der Waals surface area (Å²) in [6, 6.07) is 10.7. The van der Waals surface area contributed by atoms with E-state index in [0.29, 0.717) is 12.0 Å². The van der Waals surface area contributed by atoms with Gasteiger partial charge in [0.2, 0.25) is 0 Å². The van der Waals surface area contributed by atoms with E-state index in [1.54, 1.807) is 6.33 Å². The number of nitrogens with one attached hydrogen (secondary N) is 1. The lowest BCUT2D eigenvalue weighted by atomic mass is 9.79. The van der Waals surface area contributed by atoms with E-state index in [9.17, 15) is 0 Å². The summed E-state index contributed by atoms with van der Waals surface area (Å²) in [6.45, 7) is 1.74. The standard InChI is InChI=1S/C18H22N6.2ClH/c19-15-8-14(9-15)16-10-18(22-12-21-16)20-6-3-7-24-17-5-2-1-4-13(17)11-23-24;;/h1-2,4-5,10-12,14-15H,3,6-9,19H2,(H,20,21,22);2*1H. The van der Waals surface area contributed by atoms with Crippen LogP contribution in [0.3, 0.4) is 0 Å². The molecular formula is C18H24Cl2N6. The van der Waals surface area contributed by atoms with Crippen LogP contribution < -0.4 is 11.1 Å². The van der Waals surface area contributed by atoms with Gasteiger partial charge in [-0.25, -0.2) is 9.97 Å². The van der Waals surface area contributed by atoms with Crippen molar-refractivity contribution in [3.8, 4) is 0 Å². The zero-order valence-electron chi connectivity index (χ0n) is 14.4. The molecule has 140 valence electrons. The van der Waals surface area contributed by atoms with Crippen molar-refractivity contribution in [2.24, 2.45) is 5.73 Å². The maximum atomic E-state index is 5.86. The van der Waals surface area contributed by atoms with E-state index < -0.39 is 0 Å². The minimum absolute atomic E-state index is 0. The molecule has 1 aliphatic carbocycles. The van der Waals surface area contributed by atoms with Crippen LogP contribution in [0.2, 0.25) is 0 Å². The highest BCUT2D eigenvalue weighted by Gasteiger charge is 2.28. The minimum atomic E-state index is 0. The fraction of sp³-hybridized carbons (Fsp3) is 0.389. The number of nitrogens with zero attached hydrogens (tertiary/aromatic N) is 4. The molecule has 1 aliphatic rings. The average molecular weight is 395 g/mol. The molecule has 26 heavy (non-hydrogen) atoms. The van der Waals surface area contributed by atoms with Crippen molar-refractivity contribution in [3.05, 3.63) is 48.5 Å². The summed E-state index contributed by atoms with van der Waals surface area (Å²) in [5.74, 6) is 1.39. The molecule has 0 spiro atoms. The van der Waals surface area contributed by atoms with Crippen LogP contribution in [0.25, 0.3) is 10.9 Å². The molecule has 0 saturated heterocycles. The third kappa shape index (κ3) is 4.44. The number of benzene rings is 1. The Kier molecular flexibility index (Phi) is 7.20. The molecule has 0 unspecified atom stereocenters. The molecule has 3 aromatic rings. The van der Waals surface area contributed by atoms with Gasteiger partial charge < -0.3 is 11.1 Å². The van der Waals surface area contributed by atoms with Crippen molar-refractivity contribution < 1.29 is 0 Å². The number of halogens is 2. The van der Waals surface area contributed by atoms with Crippen LogP contribution in [-0.2, 0) is 6.54 Å². The van der Waals surface area contributed by atoms with E-state index in [-0.39, 0.29) is 24.8 Å². The topological polar surface area (TPSA) is 81.6 Å². The highest BCUT2D eigenvalue weighted by molar-refractivity contribution is 5.85. The highest BCUT2D eigenvalue weighted by atomic mass is 35.5. The van der Waals surface area contributed by atoms with Gasteiger partial charge in [-0.3, -0.25) is 4.68 Å². The summed E-state index contributed by atoms with van der Waals surface area (Å²) in [4.78, 5) is 8.69. The Morgan fingerprint density at radius 2 is 1.96 bits per heavy atom. The first kappa shape index (κ1) is 20.4. The summed E-state index contributed by atoms with van der Waals surface area (Å²) in [5.41, 5.74) is 8.15. The molecule has 8 heteroatoms. The SMILES string of the molecule is Cl.Cl.NC1CC(c2cc(NCCCn3ncc4ccccc43)ncn2)C1. The molecule has 0 bridgehead atoms. The molecule has 0 aliphatic heterocycles. The summed E-state index contributed by atoms with van der Waals surface area (Å²) in [6.07, 6.45) is 6.61. The van der Waals surface area contributed by atoms with Gasteiger partial charge in [0.25, 0.3) is 0 Å². The van der Waals surface area contributed by atoms with Crippen molar-refractivity contribution in [1.82, 2.24) is 19.7 Å². The van der Waals surface area contributed by atoms with E-state index in [1.165, 1.54) is 10.9 Å². The molecule has 3 N–H and O–H groups in total. The monoisotopic (exact) mass is 394 g/mol. The molecule has 4 rings (SSSR count). The van der Waals surface area contributed by atoms with Gasteiger partial charge in [0, 0.05) is 42.2 Å². The van der Waals surface area contributed by atoms with Crippen LogP contribution in [0.4, 0.5) is 5.82 Å². The van der Waals surface area contributed by atoms with Gasteiger partial charge in [-0.1, -0.05) is 18.2 Å². The fourth-order valence-electron chi connectivity index (χ4n) is 3.24. The quantitative estimate of drug-likeness (QED) is 0.626. The third-order valence-electron chi connectivity index (χ3n) is 4.68. The van der Waals surface area contributed by atoms with Crippen molar-refractivity contribution >= 4 is 41.5 Å². The Morgan fingerprint density at radius 1 is 1.15 bits per heavy atom. The van der Waals surface area contributed by atoms with Gasteiger partial charge in [0.15, 0.2) is 0 Å². The van der Waals surface area contributed by atoms with E-state index >= 15 is 0 Å². The molecule has 1 saturated carbocycles. The Bertz CT molecular complexity index is 831. The number of nitrogens with two attached hydrogens (primary N) is 1. The largest absolute Gasteiger partial charge is 0.370 e. The number of aromatic nitrogens is 4. The first-order valence-electron chi connectivity index (χ1n) is 8.51. The van der Waals surface area contributed by atoms with E-state index in [1.807, 2.05) is 18.3 Å². The van der Waals surface area contributed by atoms with E-state index in [0.717, 1.165) is 43.9 Å². The summed E-state index contributed by atoms with van der Waals surface area (Å²) in [5, 5.41) is 9.03. The smallest absolute Gasteiger partial charge is 0.129 e. The second-order valence-corrected chi connectivity index (χ2v) is 6.46. The molecular weight excluding hydrogens is 371 g/mol. The van der Waals surface area contributed by atoms with E-state index in [4.69, 9.17) is 5.73 Å². The maximum absolute atomic E-state index is 5.86. The number of anilines is 1. The zero-order valence-corrected chi connectivity index (χ0v) is 16.0. The lowest BCUT2D eigenvalue weighted by Crippen LogP contribution is -2.35. The number of hydrogen-bond donors (Lipinski definition) is 2. The second-order valence-electron chi connectivity index (χ2n) is 6.46. The van der Waals surface area contributed by atoms with Crippen LogP contribution in [0.1, 0.15) is 30.9 Å². The predicted octanol–water partition coefficient (Wildman–Crippen LogP) is 3.38. The van der Waals surface area contributed by atoms with Gasteiger partial charge in [0.1, 0.15) is 12.1 Å².